The molecule has 0 unspecified atom stereocenters. The van der Waals surface area contributed by atoms with Gasteiger partial charge in [0.05, 0.1) is 11.5 Å². The van der Waals surface area contributed by atoms with Gasteiger partial charge in [0.1, 0.15) is 0 Å². The maximum atomic E-state index is 12.4. The van der Waals surface area contributed by atoms with E-state index in [0.29, 0.717) is 17.7 Å². The molecule has 0 radical (unpaired) electrons. The van der Waals surface area contributed by atoms with E-state index in [9.17, 15) is 13.2 Å². The molecule has 0 saturated carbocycles. The Hall–Kier alpha value is -2.92. The summed E-state index contributed by atoms with van der Waals surface area (Å²) in [5, 5.41) is 2.86. The highest BCUT2D eigenvalue weighted by molar-refractivity contribution is 7.89. The molecular weight excluding hydrogens is 358 g/mol. The summed E-state index contributed by atoms with van der Waals surface area (Å²) >= 11 is 0. The molecule has 0 fully saturated rings. The van der Waals surface area contributed by atoms with Gasteiger partial charge in [-0.2, -0.15) is 0 Å². The summed E-state index contributed by atoms with van der Waals surface area (Å²) in [5.74, 6) is -0.224. The lowest BCUT2D eigenvalue weighted by Gasteiger charge is -2.08. The largest absolute Gasteiger partial charge is 0.348 e. The fourth-order valence-corrected chi connectivity index (χ4v) is 4.27. The van der Waals surface area contributed by atoms with E-state index >= 15 is 0 Å². The molecule has 3 aromatic rings. The monoisotopic (exact) mass is 379 g/mol. The Labute approximate surface area is 159 Å². The lowest BCUT2D eigenvalue weighted by atomic mass is 10.1. The van der Waals surface area contributed by atoms with Gasteiger partial charge >= 0.3 is 0 Å². The van der Waals surface area contributed by atoms with Gasteiger partial charge in [-0.25, -0.2) is 8.42 Å². The average Bonchev–Trinajstić information content (AvgIpc) is 2.67. The Morgan fingerprint density at radius 2 is 1.15 bits per heavy atom. The number of hydrogen-bond donors (Lipinski definition) is 1. The molecule has 0 bridgehead atoms. The van der Waals surface area contributed by atoms with Crippen LogP contribution in [0.5, 0.6) is 0 Å². The van der Waals surface area contributed by atoms with Crippen molar-refractivity contribution in [3.05, 3.63) is 107 Å². The summed E-state index contributed by atoms with van der Waals surface area (Å²) in [6.45, 7) is 0.451. The Morgan fingerprint density at radius 1 is 0.667 bits per heavy atom. The number of carbonyl (C=O) groups excluding carboxylic acids is 1. The third-order valence-electron chi connectivity index (χ3n) is 4.13. The molecule has 0 saturated heterocycles. The maximum absolute atomic E-state index is 12.4. The Kier molecular flexibility index (Phi) is 6.04. The smallest absolute Gasteiger partial charge is 0.251 e. The Balaban J connectivity index is 1.58. The van der Waals surface area contributed by atoms with Crippen molar-refractivity contribution in [2.45, 2.75) is 18.1 Å². The van der Waals surface area contributed by atoms with Gasteiger partial charge in [0.25, 0.3) is 5.91 Å². The van der Waals surface area contributed by atoms with Crippen LogP contribution >= 0.6 is 0 Å². The van der Waals surface area contributed by atoms with Crippen LogP contribution in [0, 0.1) is 0 Å². The number of amides is 1. The van der Waals surface area contributed by atoms with Crippen molar-refractivity contribution in [2.75, 3.05) is 0 Å². The van der Waals surface area contributed by atoms with E-state index in [1.807, 2.05) is 48.5 Å². The molecule has 1 amide bonds. The van der Waals surface area contributed by atoms with Gasteiger partial charge in [0.15, 0.2) is 9.84 Å². The van der Waals surface area contributed by atoms with Crippen molar-refractivity contribution in [3.8, 4) is 0 Å². The van der Waals surface area contributed by atoms with Gasteiger partial charge in [-0.1, -0.05) is 72.8 Å². The molecule has 0 aliphatic rings. The number of sulfone groups is 1. The number of benzene rings is 3. The van der Waals surface area contributed by atoms with Crippen LogP contribution in [0.4, 0.5) is 0 Å². The topological polar surface area (TPSA) is 63.2 Å². The van der Waals surface area contributed by atoms with Gasteiger partial charge < -0.3 is 5.32 Å². The van der Waals surface area contributed by atoms with E-state index in [4.69, 9.17) is 0 Å². The molecule has 0 heterocycles. The fourth-order valence-electron chi connectivity index (χ4n) is 2.77. The normalized spacial score (nSPS) is 11.1. The van der Waals surface area contributed by atoms with Crippen LogP contribution in [-0.4, -0.2) is 14.3 Å². The third kappa shape index (κ3) is 5.79. The van der Waals surface area contributed by atoms with Gasteiger partial charge in [0.2, 0.25) is 0 Å². The van der Waals surface area contributed by atoms with Crippen LogP contribution in [0.15, 0.2) is 84.9 Å². The summed E-state index contributed by atoms with van der Waals surface area (Å²) in [6.07, 6.45) is 0. The first-order valence-electron chi connectivity index (χ1n) is 8.67. The van der Waals surface area contributed by atoms with Crippen molar-refractivity contribution < 1.29 is 13.2 Å². The number of nitrogens with one attached hydrogen (secondary N) is 1. The van der Waals surface area contributed by atoms with Crippen LogP contribution in [0.25, 0.3) is 0 Å². The van der Waals surface area contributed by atoms with E-state index in [1.165, 1.54) is 0 Å². The summed E-state index contributed by atoms with van der Waals surface area (Å²) in [4.78, 5) is 12.2. The molecule has 138 valence electrons. The van der Waals surface area contributed by atoms with Crippen molar-refractivity contribution in [3.63, 3.8) is 0 Å². The zero-order valence-corrected chi connectivity index (χ0v) is 15.7. The lowest BCUT2D eigenvalue weighted by molar-refractivity contribution is 0.0951. The zero-order valence-electron chi connectivity index (χ0n) is 14.8. The quantitative estimate of drug-likeness (QED) is 0.680. The first-order valence-corrected chi connectivity index (χ1v) is 10.5. The molecular formula is C22H21NO3S. The van der Waals surface area contributed by atoms with Crippen LogP contribution in [0.1, 0.15) is 27.0 Å². The third-order valence-corrected chi connectivity index (χ3v) is 5.67. The minimum Gasteiger partial charge on any atom is -0.348 e. The SMILES string of the molecule is O=C(NCc1ccccc1)c1ccc(CS(=O)(=O)Cc2ccccc2)cc1. The minimum atomic E-state index is -3.27. The molecule has 27 heavy (non-hydrogen) atoms. The van der Waals surface area contributed by atoms with Gasteiger partial charge in [0, 0.05) is 12.1 Å². The Morgan fingerprint density at radius 3 is 1.70 bits per heavy atom. The minimum absolute atomic E-state index is 0.00710. The summed E-state index contributed by atoms with van der Waals surface area (Å²) in [5.41, 5.74) is 2.98. The molecule has 0 aliphatic carbocycles. The first-order chi connectivity index (χ1) is 13.0. The van der Waals surface area contributed by atoms with E-state index < -0.39 is 9.84 Å². The fraction of sp³-hybridized carbons (Fsp3) is 0.136. The predicted octanol–water partition coefficient (Wildman–Crippen LogP) is 3.73. The molecule has 3 aromatic carbocycles. The van der Waals surface area contributed by atoms with E-state index in [-0.39, 0.29) is 17.4 Å². The van der Waals surface area contributed by atoms with Crippen LogP contribution in [-0.2, 0) is 27.9 Å². The molecule has 0 spiro atoms. The molecule has 0 aromatic heterocycles. The second-order valence-electron chi connectivity index (χ2n) is 6.38. The number of rotatable bonds is 7. The first kappa shape index (κ1) is 18.9. The summed E-state index contributed by atoms with van der Waals surface area (Å²) in [6, 6.07) is 25.5. The molecule has 3 rings (SSSR count). The highest BCUT2D eigenvalue weighted by Gasteiger charge is 2.14. The zero-order chi connectivity index (χ0) is 19.1. The summed E-state index contributed by atoms with van der Waals surface area (Å²) in [7, 11) is -3.27. The average molecular weight is 379 g/mol. The lowest BCUT2D eigenvalue weighted by Crippen LogP contribution is -2.22. The van der Waals surface area contributed by atoms with Crippen LogP contribution in [0.2, 0.25) is 0 Å². The van der Waals surface area contributed by atoms with Gasteiger partial charge in [-0.15, -0.1) is 0 Å². The molecule has 5 heteroatoms. The molecule has 1 N–H and O–H groups in total. The second-order valence-corrected chi connectivity index (χ2v) is 8.45. The van der Waals surface area contributed by atoms with E-state index in [2.05, 4.69) is 5.32 Å². The van der Waals surface area contributed by atoms with Crippen molar-refractivity contribution in [1.29, 1.82) is 0 Å². The molecule has 0 aliphatic heterocycles. The molecule has 4 nitrogen and oxygen atoms in total. The number of hydrogen-bond acceptors (Lipinski definition) is 3. The Bertz CT molecular complexity index is 983. The second kappa shape index (κ2) is 8.64. The van der Waals surface area contributed by atoms with Crippen LogP contribution < -0.4 is 5.32 Å². The van der Waals surface area contributed by atoms with E-state index in [1.54, 1.807) is 36.4 Å². The summed E-state index contributed by atoms with van der Waals surface area (Å²) < 4.78 is 24.7. The van der Waals surface area contributed by atoms with Gasteiger partial charge in [-0.05, 0) is 28.8 Å². The maximum Gasteiger partial charge on any atom is 0.251 e. The predicted molar refractivity (Wildman–Crippen MR) is 107 cm³/mol. The standard InChI is InChI=1S/C22H21NO3S/c24-22(23-15-18-7-3-1-4-8-18)21-13-11-20(12-14-21)17-27(25,26)16-19-9-5-2-6-10-19/h1-14H,15-17H2,(H,23,24). The number of carbonyl (C=O) groups is 1. The van der Waals surface area contributed by atoms with E-state index in [0.717, 1.165) is 11.1 Å². The van der Waals surface area contributed by atoms with Crippen molar-refractivity contribution >= 4 is 15.7 Å². The molecule has 0 atom stereocenters. The highest BCUT2D eigenvalue weighted by atomic mass is 32.2. The van der Waals surface area contributed by atoms with Crippen molar-refractivity contribution in [1.82, 2.24) is 5.32 Å². The highest BCUT2D eigenvalue weighted by Crippen LogP contribution is 2.13. The van der Waals surface area contributed by atoms with Crippen LogP contribution in [0.3, 0.4) is 0 Å². The van der Waals surface area contributed by atoms with Gasteiger partial charge in [-0.3, -0.25) is 4.79 Å². The van der Waals surface area contributed by atoms with Crippen molar-refractivity contribution in [2.24, 2.45) is 0 Å².